The molecule has 1 saturated heterocycles. The summed E-state index contributed by atoms with van der Waals surface area (Å²) >= 11 is 0. The first kappa shape index (κ1) is 11.4. The van der Waals surface area contributed by atoms with Crippen LogP contribution in [0.1, 0.15) is 6.92 Å². The Labute approximate surface area is 98.9 Å². The van der Waals surface area contributed by atoms with Crippen LogP contribution in [-0.4, -0.2) is 31.6 Å². The first-order valence-electron chi connectivity index (χ1n) is 5.44. The molecular weight excluding hydrogens is 222 g/mol. The summed E-state index contributed by atoms with van der Waals surface area (Å²) in [6, 6.07) is 7.14. The highest BCUT2D eigenvalue weighted by atomic mass is 16.5. The molecule has 0 unspecified atom stereocenters. The van der Waals surface area contributed by atoms with Crippen molar-refractivity contribution in [1.82, 2.24) is 0 Å². The molecule has 1 aromatic rings. The predicted molar refractivity (Wildman–Crippen MR) is 60.9 cm³/mol. The second-order valence-corrected chi connectivity index (χ2v) is 3.49. The molecule has 0 spiro atoms. The van der Waals surface area contributed by atoms with Gasteiger partial charge in [-0.15, -0.1) is 0 Å². The molecule has 2 rings (SSSR count). The molecule has 0 N–H and O–H groups in total. The maximum Gasteiger partial charge on any atom is 0.397 e. The molecule has 1 fully saturated rings. The van der Waals surface area contributed by atoms with Crippen molar-refractivity contribution in [2.75, 3.05) is 24.7 Å². The van der Waals surface area contributed by atoms with E-state index in [1.807, 2.05) is 13.0 Å². The van der Waals surface area contributed by atoms with Crippen LogP contribution in [0, 0.1) is 0 Å². The quantitative estimate of drug-likeness (QED) is 0.578. The van der Waals surface area contributed by atoms with Crippen LogP contribution in [0.25, 0.3) is 0 Å². The first-order valence-corrected chi connectivity index (χ1v) is 5.44. The number of amides is 1. The van der Waals surface area contributed by atoms with Crippen molar-refractivity contribution in [2.24, 2.45) is 0 Å². The van der Waals surface area contributed by atoms with Gasteiger partial charge >= 0.3 is 11.9 Å². The lowest BCUT2D eigenvalue weighted by Gasteiger charge is -2.27. The third kappa shape index (κ3) is 2.22. The van der Waals surface area contributed by atoms with Crippen molar-refractivity contribution in [3.8, 4) is 5.75 Å². The predicted octanol–water partition coefficient (Wildman–Crippen LogP) is 0.975. The Bertz CT molecular complexity index is 444. The molecular formula is C12H13NO4. The molecule has 17 heavy (non-hydrogen) atoms. The lowest BCUT2D eigenvalue weighted by molar-refractivity contribution is -0.156. The largest absolute Gasteiger partial charge is 0.492 e. The molecule has 5 heteroatoms. The lowest BCUT2D eigenvalue weighted by atomic mass is 10.2. The van der Waals surface area contributed by atoms with E-state index in [-0.39, 0.29) is 6.61 Å². The normalized spacial score (nSPS) is 15.7. The van der Waals surface area contributed by atoms with Crippen LogP contribution >= 0.6 is 0 Å². The molecule has 1 heterocycles. The summed E-state index contributed by atoms with van der Waals surface area (Å²) in [4.78, 5) is 24.3. The summed E-state index contributed by atoms with van der Waals surface area (Å²) in [5.74, 6) is -0.871. The summed E-state index contributed by atoms with van der Waals surface area (Å²) in [7, 11) is 0. The number of cyclic esters (lactones) is 1. The van der Waals surface area contributed by atoms with E-state index in [9.17, 15) is 9.59 Å². The van der Waals surface area contributed by atoms with E-state index in [0.717, 1.165) is 0 Å². The van der Waals surface area contributed by atoms with Crippen LogP contribution in [0.4, 0.5) is 5.69 Å². The van der Waals surface area contributed by atoms with Crippen LogP contribution in [-0.2, 0) is 14.3 Å². The summed E-state index contributed by atoms with van der Waals surface area (Å²) in [5.41, 5.74) is 0.607. The van der Waals surface area contributed by atoms with Crippen molar-refractivity contribution >= 4 is 17.6 Å². The van der Waals surface area contributed by atoms with Crippen LogP contribution in [0.15, 0.2) is 24.3 Å². The van der Waals surface area contributed by atoms with E-state index in [0.29, 0.717) is 24.6 Å². The van der Waals surface area contributed by atoms with Gasteiger partial charge in [0.05, 0.1) is 18.8 Å². The Morgan fingerprint density at radius 2 is 2.12 bits per heavy atom. The van der Waals surface area contributed by atoms with Gasteiger partial charge < -0.3 is 9.47 Å². The first-order chi connectivity index (χ1) is 8.24. The van der Waals surface area contributed by atoms with Crippen molar-refractivity contribution in [2.45, 2.75) is 6.92 Å². The third-order valence-corrected chi connectivity index (χ3v) is 2.42. The van der Waals surface area contributed by atoms with E-state index < -0.39 is 11.9 Å². The van der Waals surface area contributed by atoms with Gasteiger partial charge in [0.2, 0.25) is 0 Å². The Morgan fingerprint density at radius 3 is 2.88 bits per heavy atom. The van der Waals surface area contributed by atoms with Gasteiger partial charge in [0.1, 0.15) is 12.4 Å². The Hall–Kier alpha value is -2.04. The van der Waals surface area contributed by atoms with Crippen molar-refractivity contribution < 1.29 is 19.1 Å². The van der Waals surface area contributed by atoms with Crippen LogP contribution in [0.3, 0.4) is 0 Å². The number of nitrogens with zero attached hydrogens (tertiary/aromatic N) is 1. The fourth-order valence-electron chi connectivity index (χ4n) is 1.69. The molecule has 1 aliphatic rings. The van der Waals surface area contributed by atoms with E-state index in [1.54, 1.807) is 18.2 Å². The Balaban J connectivity index is 2.32. The monoisotopic (exact) mass is 235 g/mol. The second kappa shape index (κ2) is 4.86. The standard InChI is InChI=1S/C12H13NO4/c1-2-16-10-6-4-3-5-9(10)13-7-8-17-12(15)11(13)14/h3-6H,2,7-8H2,1H3. The highest BCUT2D eigenvalue weighted by Gasteiger charge is 2.30. The number of hydrogen-bond acceptors (Lipinski definition) is 4. The maximum atomic E-state index is 11.7. The minimum atomic E-state index is -0.817. The van der Waals surface area contributed by atoms with Gasteiger partial charge in [-0.1, -0.05) is 12.1 Å². The topological polar surface area (TPSA) is 55.8 Å². The number of carbonyl (C=O) groups excluding carboxylic acids is 2. The average molecular weight is 235 g/mol. The van der Waals surface area contributed by atoms with Gasteiger partial charge in [-0.05, 0) is 19.1 Å². The van der Waals surface area contributed by atoms with Gasteiger partial charge in [0.15, 0.2) is 0 Å². The molecule has 1 aromatic carbocycles. The highest BCUT2D eigenvalue weighted by molar-refractivity contribution is 6.38. The van der Waals surface area contributed by atoms with Gasteiger partial charge in [-0.2, -0.15) is 0 Å². The van der Waals surface area contributed by atoms with Gasteiger partial charge in [0, 0.05) is 0 Å². The smallest absolute Gasteiger partial charge is 0.397 e. The van der Waals surface area contributed by atoms with E-state index in [4.69, 9.17) is 4.74 Å². The number of ether oxygens (including phenoxy) is 2. The van der Waals surface area contributed by atoms with E-state index in [1.165, 1.54) is 4.90 Å². The summed E-state index contributed by atoms with van der Waals surface area (Å²) in [6.45, 7) is 2.94. The molecule has 90 valence electrons. The molecule has 0 aromatic heterocycles. The van der Waals surface area contributed by atoms with Gasteiger partial charge in [0.25, 0.3) is 0 Å². The lowest BCUT2D eigenvalue weighted by Crippen LogP contribution is -2.45. The van der Waals surface area contributed by atoms with Gasteiger partial charge in [-0.25, -0.2) is 4.79 Å². The summed E-state index contributed by atoms with van der Waals surface area (Å²) < 4.78 is 10.1. The summed E-state index contributed by atoms with van der Waals surface area (Å²) in [6.07, 6.45) is 0. The minimum absolute atomic E-state index is 0.213. The fourth-order valence-corrected chi connectivity index (χ4v) is 1.69. The third-order valence-electron chi connectivity index (χ3n) is 2.42. The minimum Gasteiger partial charge on any atom is -0.492 e. The molecule has 1 aliphatic heterocycles. The molecule has 0 bridgehead atoms. The molecule has 0 aliphatic carbocycles. The zero-order chi connectivity index (χ0) is 12.3. The van der Waals surface area contributed by atoms with Crippen molar-refractivity contribution in [1.29, 1.82) is 0 Å². The number of benzene rings is 1. The fraction of sp³-hybridized carbons (Fsp3) is 0.333. The number of rotatable bonds is 3. The molecule has 0 atom stereocenters. The Morgan fingerprint density at radius 1 is 1.35 bits per heavy atom. The number of esters is 1. The van der Waals surface area contributed by atoms with Crippen LogP contribution in [0.5, 0.6) is 5.75 Å². The van der Waals surface area contributed by atoms with Gasteiger partial charge in [-0.3, -0.25) is 9.69 Å². The molecule has 0 radical (unpaired) electrons. The number of morpholine rings is 1. The Kier molecular flexibility index (Phi) is 3.27. The average Bonchev–Trinajstić information content (AvgIpc) is 2.34. The second-order valence-electron chi connectivity index (χ2n) is 3.49. The van der Waals surface area contributed by atoms with Crippen LogP contribution < -0.4 is 9.64 Å². The van der Waals surface area contributed by atoms with Crippen molar-refractivity contribution in [3.05, 3.63) is 24.3 Å². The number of para-hydroxylation sites is 2. The van der Waals surface area contributed by atoms with E-state index >= 15 is 0 Å². The zero-order valence-electron chi connectivity index (χ0n) is 9.51. The summed E-state index contributed by atoms with van der Waals surface area (Å²) in [5, 5.41) is 0. The zero-order valence-corrected chi connectivity index (χ0v) is 9.51. The number of anilines is 1. The molecule has 1 amide bonds. The highest BCUT2D eigenvalue weighted by Crippen LogP contribution is 2.29. The number of hydrogen-bond donors (Lipinski definition) is 0. The maximum absolute atomic E-state index is 11.7. The molecule has 0 saturated carbocycles. The molecule has 5 nitrogen and oxygen atoms in total. The van der Waals surface area contributed by atoms with Crippen LogP contribution in [0.2, 0.25) is 0 Å². The van der Waals surface area contributed by atoms with E-state index in [2.05, 4.69) is 4.74 Å². The van der Waals surface area contributed by atoms with Crippen molar-refractivity contribution in [3.63, 3.8) is 0 Å². The SMILES string of the molecule is CCOc1ccccc1N1CCOC(=O)C1=O. The number of carbonyl (C=O) groups is 2.